The standard InChI is InChI=1S/C14H19Cl2NO/c1-2-18-12-4-3-7-17(10-12)14-6-5-11(9-15)8-13(14)16/h5-6,8,12H,2-4,7,9-10H2,1H3. The molecule has 1 aromatic rings. The van der Waals surface area contributed by atoms with E-state index in [1.807, 2.05) is 19.1 Å². The van der Waals surface area contributed by atoms with Crippen molar-refractivity contribution in [1.82, 2.24) is 0 Å². The highest BCUT2D eigenvalue weighted by molar-refractivity contribution is 6.33. The summed E-state index contributed by atoms with van der Waals surface area (Å²) in [5, 5.41) is 0.783. The number of anilines is 1. The van der Waals surface area contributed by atoms with Crippen molar-refractivity contribution in [3.05, 3.63) is 28.8 Å². The Morgan fingerprint density at radius 2 is 2.28 bits per heavy atom. The number of alkyl halides is 1. The molecule has 1 heterocycles. The van der Waals surface area contributed by atoms with Gasteiger partial charge < -0.3 is 9.64 Å². The molecule has 0 bridgehead atoms. The maximum absolute atomic E-state index is 6.33. The van der Waals surface area contributed by atoms with Crippen LogP contribution in [-0.4, -0.2) is 25.8 Å². The van der Waals surface area contributed by atoms with Crippen LogP contribution < -0.4 is 4.90 Å². The zero-order chi connectivity index (χ0) is 13.0. The lowest BCUT2D eigenvalue weighted by molar-refractivity contribution is 0.0527. The molecule has 0 saturated carbocycles. The molecule has 18 heavy (non-hydrogen) atoms. The molecule has 0 N–H and O–H groups in total. The average molecular weight is 288 g/mol. The summed E-state index contributed by atoms with van der Waals surface area (Å²) >= 11 is 12.1. The first kappa shape index (κ1) is 14.0. The quantitative estimate of drug-likeness (QED) is 0.774. The first-order valence-electron chi connectivity index (χ1n) is 6.45. The molecular formula is C14H19Cl2NO. The van der Waals surface area contributed by atoms with Crippen molar-refractivity contribution in [2.75, 3.05) is 24.6 Å². The lowest BCUT2D eigenvalue weighted by Crippen LogP contribution is -2.39. The van der Waals surface area contributed by atoms with E-state index in [0.717, 1.165) is 48.8 Å². The number of benzene rings is 1. The Kier molecular flexibility index (Phi) is 5.16. The first-order valence-corrected chi connectivity index (χ1v) is 7.36. The second-order valence-electron chi connectivity index (χ2n) is 4.58. The molecule has 0 spiro atoms. The second-order valence-corrected chi connectivity index (χ2v) is 5.26. The van der Waals surface area contributed by atoms with Crippen molar-refractivity contribution in [2.45, 2.75) is 31.7 Å². The molecule has 2 nitrogen and oxygen atoms in total. The van der Waals surface area contributed by atoms with E-state index in [9.17, 15) is 0 Å². The van der Waals surface area contributed by atoms with Gasteiger partial charge in [-0.25, -0.2) is 0 Å². The summed E-state index contributed by atoms with van der Waals surface area (Å²) in [6.45, 7) is 4.79. The number of ether oxygens (including phenoxy) is 1. The second kappa shape index (κ2) is 6.65. The zero-order valence-electron chi connectivity index (χ0n) is 10.7. The molecule has 1 saturated heterocycles. The Bertz CT molecular complexity index is 395. The fraction of sp³-hybridized carbons (Fsp3) is 0.571. The maximum atomic E-state index is 6.33. The van der Waals surface area contributed by atoms with E-state index in [-0.39, 0.29) is 0 Å². The van der Waals surface area contributed by atoms with Crippen LogP contribution in [-0.2, 0) is 10.6 Å². The lowest BCUT2D eigenvalue weighted by Gasteiger charge is -2.34. The van der Waals surface area contributed by atoms with Crippen molar-refractivity contribution < 1.29 is 4.74 Å². The Hall–Kier alpha value is -0.440. The Labute approximate surface area is 119 Å². The molecule has 100 valence electrons. The highest BCUT2D eigenvalue weighted by atomic mass is 35.5. The summed E-state index contributed by atoms with van der Waals surface area (Å²) in [6.07, 6.45) is 2.62. The SMILES string of the molecule is CCOC1CCCN(c2ccc(CCl)cc2Cl)C1. The number of halogens is 2. The van der Waals surface area contributed by atoms with Crippen LogP contribution in [0.2, 0.25) is 5.02 Å². The highest BCUT2D eigenvalue weighted by Gasteiger charge is 2.21. The molecule has 2 rings (SSSR count). The molecule has 1 atom stereocenters. The van der Waals surface area contributed by atoms with Gasteiger partial charge in [-0.2, -0.15) is 0 Å². The Morgan fingerprint density at radius 1 is 1.44 bits per heavy atom. The fourth-order valence-electron chi connectivity index (χ4n) is 2.42. The van der Waals surface area contributed by atoms with E-state index in [1.165, 1.54) is 0 Å². The van der Waals surface area contributed by atoms with Crippen LogP contribution in [0.5, 0.6) is 0 Å². The molecule has 1 aliphatic rings. The zero-order valence-corrected chi connectivity index (χ0v) is 12.2. The van der Waals surface area contributed by atoms with E-state index >= 15 is 0 Å². The molecule has 0 radical (unpaired) electrons. The van der Waals surface area contributed by atoms with Crippen LogP contribution in [0.25, 0.3) is 0 Å². The third-order valence-corrected chi connectivity index (χ3v) is 3.90. The number of hydrogen-bond acceptors (Lipinski definition) is 2. The van der Waals surface area contributed by atoms with Crippen molar-refractivity contribution in [2.24, 2.45) is 0 Å². The number of piperidine rings is 1. The van der Waals surface area contributed by atoms with E-state index in [1.54, 1.807) is 0 Å². The monoisotopic (exact) mass is 287 g/mol. The normalized spacial score (nSPS) is 20.2. The molecule has 1 fully saturated rings. The van der Waals surface area contributed by atoms with Gasteiger partial charge in [0.2, 0.25) is 0 Å². The van der Waals surface area contributed by atoms with Gasteiger partial charge in [0, 0.05) is 25.6 Å². The van der Waals surface area contributed by atoms with Crippen LogP contribution in [0.3, 0.4) is 0 Å². The molecule has 0 aromatic heterocycles. The summed E-state index contributed by atoms with van der Waals surface area (Å²) < 4.78 is 5.71. The molecule has 4 heteroatoms. The first-order chi connectivity index (χ1) is 8.74. The van der Waals surface area contributed by atoms with Gasteiger partial charge in [-0.3, -0.25) is 0 Å². The maximum Gasteiger partial charge on any atom is 0.0750 e. The average Bonchev–Trinajstić information content (AvgIpc) is 2.39. The summed E-state index contributed by atoms with van der Waals surface area (Å²) in [4.78, 5) is 2.31. The predicted molar refractivity (Wildman–Crippen MR) is 77.9 cm³/mol. The van der Waals surface area contributed by atoms with Gasteiger partial charge in [0.25, 0.3) is 0 Å². The third kappa shape index (κ3) is 3.31. The van der Waals surface area contributed by atoms with Crippen LogP contribution >= 0.6 is 23.2 Å². The van der Waals surface area contributed by atoms with Crippen LogP contribution in [0.15, 0.2) is 18.2 Å². The van der Waals surface area contributed by atoms with Gasteiger partial charge in [-0.1, -0.05) is 17.7 Å². The number of rotatable bonds is 4. The van der Waals surface area contributed by atoms with Crippen molar-refractivity contribution in [3.8, 4) is 0 Å². The van der Waals surface area contributed by atoms with E-state index < -0.39 is 0 Å². The van der Waals surface area contributed by atoms with Gasteiger partial charge in [0.1, 0.15) is 0 Å². The Morgan fingerprint density at radius 3 is 2.94 bits per heavy atom. The summed E-state index contributed by atoms with van der Waals surface area (Å²) in [5.41, 5.74) is 2.15. The minimum atomic E-state index is 0.326. The van der Waals surface area contributed by atoms with Gasteiger partial charge >= 0.3 is 0 Å². The summed E-state index contributed by atoms with van der Waals surface area (Å²) in [6, 6.07) is 6.06. The predicted octanol–water partition coefficient (Wildman–Crippen LogP) is 4.08. The smallest absolute Gasteiger partial charge is 0.0750 e. The van der Waals surface area contributed by atoms with Crippen molar-refractivity contribution >= 4 is 28.9 Å². The lowest BCUT2D eigenvalue weighted by atomic mass is 10.1. The molecule has 1 unspecified atom stereocenters. The summed E-state index contributed by atoms with van der Waals surface area (Å²) in [5.74, 6) is 0.502. The molecule has 1 aromatic carbocycles. The highest BCUT2D eigenvalue weighted by Crippen LogP contribution is 2.30. The van der Waals surface area contributed by atoms with E-state index in [2.05, 4.69) is 11.0 Å². The fourth-order valence-corrected chi connectivity index (χ4v) is 2.91. The van der Waals surface area contributed by atoms with Gasteiger partial charge in [0.05, 0.1) is 16.8 Å². The van der Waals surface area contributed by atoms with Crippen LogP contribution in [0.1, 0.15) is 25.3 Å². The number of nitrogens with zero attached hydrogens (tertiary/aromatic N) is 1. The molecule has 0 aliphatic carbocycles. The summed E-state index contributed by atoms with van der Waals surface area (Å²) in [7, 11) is 0. The minimum absolute atomic E-state index is 0.326. The van der Waals surface area contributed by atoms with Crippen LogP contribution in [0.4, 0.5) is 5.69 Å². The van der Waals surface area contributed by atoms with Crippen LogP contribution in [0, 0.1) is 0 Å². The van der Waals surface area contributed by atoms with Crippen molar-refractivity contribution in [1.29, 1.82) is 0 Å². The minimum Gasteiger partial charge on any atom is -0.377 e. The van der Waals surface area contributed by atoms with Gasteiger partial charge in [-0.05, 0) is 37.5 Å². The van der Waals surface area contributed by atoms with Crippen molar-refractivity contribution in [3.63, 3.8) is 0 Å². The molecular weight excluding hydrogens is 269 g/mol. The molecule has 0 amide bonds. The third-order valence-electron chi connectivity index (χ3n) is 3.29. The van der Waals surface area contributed by atoms with Gasteiger partial charge in [-0.15, -0.1) is 11.6 Å². The Balaban J connectivity index is 2.10. The largest absolute Gasteiger partial charge is 0.377 e. The topological polar surface area (TPSA) is 12.5 Å². The van der Waals surface area contributed by atoms with Gasteiger partial charge in [0.15, 0.2) is 0 Å². The molecule has 1 aliphatic heterocycles. The van der Waals surface area contributed by atoms with E-state index in [0.29, 0.717) is 12.0 Å². The number of hydrogen-bond donors (Lipinski definition) is 0. The van der Waals surface area contributed by atoms with E-state index in [4.69, 9.17) is 27.9 Å².